The van der Waals surface area contributed by atoms with Crippen molar-refractivity contribution in [2.45, 2.75) is 70.1 Å². The van der Waals surface area contributed by atoms with Gasteiger partial charge in [-0.3, -0.25) is 38.6 Å². The number of carboxylic acid groups (broad SMARTS) is 2. The van der Waals surface area contributed by atoms with Crippen LogP contribution in [0.15, 0.2) is 34.3 Å². The predicted molar refractivity (Wildman–Crippen MR) is 159 cm³/mol. The minimum Gasteiger partial charge on any atom is -0.508 e. The van der Waals surface area contributed by atoms with Crippen molar-refractivity contribution in [2.24, 2.45) is 29.6 Å². The van der Waals surface area contributed by atoms with E-state index in [2.05, 4.69) is 15.9 Å². The van der Waals surface area contributed by atoms with E-state index in [1.807, 2.05) is 6.08 Å². The van der Waals surface area contributed by atoms with Crippen LogP contribution in [-0.2, 0) is 28.8 Å². The van der Waals surface area contributed by atoms with E-state index in [0.29, 0.717) is 55.0 Å². The summed E-state index contributed by atoms with van der Waals surface area (Å²) in [6.07, 6.45) is 5.53. The number of carbonyl (C=O) groups excluding carboxylic acids is 4. The molecule has 0 spiro atoms. The first-order valence-corrected chi connectivity index (χ1v) is 16.1. The highest BCUT2D eigenvalue weighted by molar-refractivity contribution is 9.10. The fourth-order valence-corrected chi connectivity index (χ4v) is 8.11. The van der Waals surface area contributed by atoms with E-state index in [1.165, 1.54) is 15.9 Å². The van der Waals surface area contributed by atoms with Crippen LogP contribution in [0.4, 0.5) is 0 Å². The molecule has 0 aromatic heterocycles. The van der Waals surface area contributed by atoms with E-state index in [9.17, 15) is 33.9 Å². The Bertz CT molecular complexity index is 1410. The number of nitrogens with zero attached hydrogens (tertiary/aromatic N) is 2. The molecule has 236 valence electrons. The van der Waals surface area contributed by atoms with Gasteiger partial charge in [0.2, 0.25) is 23.6 Å². The smallest absolute Gasteiger partial charge is 0.303 e. The Morgan fingerprint density at radius 2 is 1.32 bits per heavy atom. The van der Waals surface area contributed by atoms with E-state index in [0.717, 1.165) is 5.57 Å². The third-order valence-electron chi connectivity index (χ3n) is 9.70. The number of unbranched alkanes of at least 4 members (excludes halogenated alkanes) is 4. The van der Waals surface area contributed by atoms with E-state index in [4.69, 9.17) is 10.2 Å². The Labute approximate surface area is 263 Å². The Morgan fingerprint density at radius 1 is 0.750 bits per heavy atom. The number of benzene rings is 1. The van der Waals surface area contributed by atoms with Crippen molar-refractivity contribution >= 4 is 51.5 Å². The van der Waals surface area contributed by atoms with Crippen LogP contribution in [0.2, 0.25) is 0 Å². The first kappa shape index (κ1) is 31.9. The van der Waals surface area contributed by atoms with Crippen molar-refractivity contribution in [3.63, 3.8) is 0 Å². The van der Waals surface area contributed by atoms with Gasteiger partial charge in [-0.25, -0.2) is 0 Å². The minimum atomic E-state index is -0.896. The zero-order valence-electron chi connectivity index (χ0n) is 24.3. The summed E-state index contributed by atoms with van der Waals surface area (Å²) in [5, 5.41) is 28.8. The number of carbonyl (C=O) groups is 6. The average molecular weight is 674 g/mol. The van der Waals surface area contributed by atoms with Gasteiger partial charge in [-0.15, -0.1) is 0 Å². The lowest BCUT2D eigenvalue weighted by Gasteiger charge is -2.44. The van der Waals surface area contributed by atoms with Crippen LogP contribution >= 0.6 is 15.9 Å². The number of phenolic OH excluding ortho intramolecular Hbond substituents is 1. The fraction of sp³-hybridized carbons (Fsp3) is 0.562. The molecule has 3 fully saturated rings. The molecule has 11 nitrogen and oxygen atoms in total. The van der Waals surface area contributed by atoms with Crippen LogP contribution in [0.25, 0.3) is 0 Å². The molecule has 4 amide bonds. The Kier molecular flexibility index (Phi) is 9.57. The van der Waals surface area contributed by atoms with Gasteiger partial charge < -0.3 is 15.3 Å². The molecule has 12 heteroatoms. The van der Waals surface area contributed by atoms with E-state index < -0.39 is 47.4 Å². The molecule has 0 unspecified atom stereocenters. The number of rotatable bonds is 13. The zero-order chi connectivity index (χ0) is 31.7. The second-order valence-corrected chi connectivity index (χ2v) is 13.2. The first-order chi connectivity index (χ1) is 21.0. The Balaban J connectivity index is 1.42. The van der Waals surface area contributed by atoms with Gasteiger partial charge in [0.05, 0.1) is 23.7 Å². The van der Waals surface area contributed by atoms with Gasteiger partial charge in [0.15, 0.2) is 0 Å². The summed E-state index contributed by atoms with van der Waals surface area (Å²) in [6, 6.07) is 4.95. The van der Waals surface area contributed by atoms with Gasteiger partial charge in [-0.05, 0) is 62.6 Å². The number of hydrogen-bond acceptors (Lipinski definition) is 7. The summed E-state index contributed by atoms with van der Waals surface area (Å²) >= 11 is 3.46. The van der Waals surface area contributed by atoms with Crippen molar-refractivity contribution < 1.29 is 44.1 Å². The van der Waals surface area contributed by atoms with Gasteiger partial charge in [-0.1, -0.05) is 40.4 Å². The molecule has 44 heavy (non-hydrogen) atoms. The van der Waals surface area contributed by atoms with E-state index in [-0.39, 0.29) is 61.7 Å². The lowest BCUT2D eigenvalue weighted by molar-refractivity contribution is -0.142. The monoisotopic (exact) mass is 672 g/mol. The highest BCUT2D eigenvalue weighted by atomic mass is 79.9. The summed E-state index contributed by atoms with van der Waals surface area (Å²) in [5.74, 6) is -6.86. The standard InChI is InChI=1S/C32H37BrN2O9/c33-17-9-12-23(36)21(15-17)26-18-10-11-19-27(31(43)34(29(19)41)13-5-1-3-7-24(37)38)20(18)16-22-28(26)32(44)35(30(22)42)14-6-2-4-8-25(39)40/h9-10,12,15,19-20,22,26-28,36H,1-8,11,13-14,16H2,(H,37,38)(H,39,40)/t19-,20+,22+,26+,27-,28+/m0/s1. The molecule has 1 aromatic rings. The average Bonchev–Trinajstić information content (AvgIpc) is 3.36. The number of aliphatic carboxylic acids is 2. The number of imide groups is 2. The number of allylic oxidation sites excluding steroid dienone is 2. The third-order valence-corrected chi connectivity index (χ3v) is 10.2. The lowest BCUT2D eigenvalue weighted by Crippen LogP contribution is -2.43. The van der Waals surface area contributed by atoms with Crippen LogP contribution in [0.5, 0.6) is 5.75 Å². The maximum Gasteiger partial charge on any atom is 0.303 e. The zero-order valence-corrected chi connectivity index (χ0v) is 25.9. The quantitative estimate of drug-likeness (QED) is 0.159. The highest BCUT2D eigenvalue weighted by Gasteiger charge is 2.62. The molecule has 2 heterocycles. The van der Waals surface area contributed by atoms with Crippen LogP contribution in [0.3, 0.4) is 0 Å². The lowest BCUT2D eigenvalue weighted by atomic mass is 9.57. The normalized spacial score (nSPS) is 27.7. The number of phenols is 1. The Morgan fingerprint density at radius 3 is 1.91 bits per heavy atom. The maximum atomic E-state index is 13.9. The number of aromatic hydroxyl groups is 1. The number of amides is 4. The second kappa shape index (κ2) is 13.2. The molecule has 4 aliphatic rings. The van der Waals surface area contributed by atoms with Gasteiger partial charge in [-0.2, -0.15) is 0 Å². The molecule has 1 saturated carbocycles. The second-order valence-electron chi connectivity index (χ2n) is 12.3. The first-order valence-electron chi connectivity index (χ1n) is 15.3. The topological polar surface area (TPSA) is 170 Å². The summed E-state index contributed by atoms with van der Waals surface area (Å²) in [6.45, 7) is 0.381. The molecule has 6 atom stereocenters. The largest absolute Gasteiger partial charge is 0.508 e. The summed E-state index contributed by atoms with van der Waals surface area (Å²) in [5.41, 5.74) is 1.29. The Hall–Kier alpha value is -3.54. The van der Waals surface area contributed by atoms with Crippen molar-refractivity contribution in [3.8, 4) is 5.75 Å². The molecule has 2 saturated heterocycles. The van der Waals surface area contributed by atoms with Crippen molar-refractivity contribution in [1.82, 2.24) is 9.80 Å². The molecule has 1 aromatic carbocycles. The molecule has 0 radical (unpaired) electrons. The summed E-state index contributed by atoms with van der Waals surface area (Å²) < 4.78 is 0.687. The third kappa shape index (κ3) is 6.05. The number of carboxylic acids is 2. The molecule has 5 rings (SSSR count). The number of likely N-dealkylation sites (tertiary alicyclic amines) is 2. The molecule has 3 N–H and O–H groups in total. The van der Waals surface area contributed by atoms with Gasteiger partial charge >= 0.3 is 11.9 Å². The minimum absolute atomic E-state index is 0.0157. The summed E-state index contributed by atoms with van der Waals surface area (Å²) in [7, 11) is 0. The van der Waals surface area contributed by atoms with Crippen LogP contribution in [0, 0.1) is 29.6 Å². The summed E-state index contributed by atoms with van der Waals surface area (Å²) in [4.78, 5) is 79.2. The van der Waals surface area contributed by atoms with Gasteiger partial charge in [0.1, 0.15) is 5.75 Å². The van der Waals surface area contributed by atoms with E-state index >= 15 is 0 Å². The maximum absolute atomic E-state index is 13.9. The number of hydrogen-bond donors (Lipinski definition) is 3. The van der Waals surface area contributed by atoms with Crippen LogP contribution < -0.4 is 0 Å². The van der Waals surface area contributed by atoms with Gasteiger partial charge in [0.25, 0.3) is 0 Å². The molecular formula is C32H37BrN2O9. The van der Waals surface area contributed by atoms with Crippen molar-refractivity contribution in [1.29, 1.82) is 0 Å². The molecular weight excluding hydrogens is 636 g/mol. The number of fused-ring (bicyclic) bond motifs is 4. The molecule has 2 aliphatic heterocycles. The van der Waals surface area contributed by atoms with Gasteiger partial charge in [0, 0.05) is 41.9 Å². The van der Waals surface area contributed by atoms with Crippen molar-refractivity contribution in [3.05, 3.63) is 39.9 Å². The molecule has 2 aliphatic carbocycles. The highest BCUT2D eigenvalue weighted by Crippen LogP contribution is 2.59. The number of halogens is 1. The van der Waals surface area contributed by atoms with E-state index in [1.54, 1.807) is 12.1 Å². The van der Waals surface area contributed by atoms with Crippen LogP contribution in [0.1, 0.15) is 75.7 Å². The fourth-order valence-electron chi connectivity index (χ4n) is 7.73. The van der Waals surface area contributed by atoms with Crippen molar-refractivity contribution in [2.75, 3.05) is 13.1 Å². The van der Waals surface area contributed by atoms with Crippen LogP contribution in [-0.4, -0.2) is 73.8 Å². The molecule has 0 bridgehead atoms. The SMILES string of the molecule is O=C(O)CCCCCN1C(=O)[C@H]2[C@H](CC=C3[C@H]2C[C@H]2C(=O)N(CCCCCC(=O)O)C(=O)[C@H]2[C@H]3c2cc(Br)ccc2O)C1=O. The predicted octanol–water partition coefficient (Wildman–Crippen LogP) is 4.08.